The first-order valence-electron chi connectivity index (χ1n) is 11.0. The molecule has 36 heavy (non-hydrogen) atoms. The molecule has 0 aliphatic heterocycles. The third-order valence-corrected chi connectivity index (χ3v) is 4.95. The van der Waals surface area contributed by atoms with Crippen LogP contribution in [0.2, 0.25) is 0 Å². The topological polar surface area (TPSA) is 158 Å². The number of hydrogen-bond acceptors (Lipinski definition) is 8. The number of hydrogen-bond donors (Lipinski definition) is 4. The van der Waals surface area contributed by atoms with Crippen molar-refractivity contribution in [1.82, 2.24) is 9.80 Å². The number of carboxylic acid groups (broad SMARTS) is 2. The number of benzene rings is 2. The first kappa shape index (κ1) is 28.1. The molecule has 0 radical (unpaired) electrons. The number of nitrogens with one attached hydrogen (secondary N) is 2. The average molecular weight is 503 g/mol. The van der Waals surface area contributed by atoms with Gasteiger partial charge in [0, 0.05) is 13.1 Å². The fourth-order valence-electron chi connectivity index (χ4n) is 3.37. The summed E-state index contributed by atoms with van der Waals surface area (Å²) in [6.45, 7) is -1.37. The molecule has 0 bridgehead atoms. The summed E-state index contributed by atoms with van der Waals surface area (Å²) in [4.78, 5) is 50.5. The van der Waals surface area contributed by atoms with Crippen LogP contribution in [0.1, 0.15) is 0 Å². The van der Waals surface area contributed by atoms with Crippen molar-refractivity contribution >= 4 is 35.1 Å². The van der Waals surface area contributed by atoms with Crippen molar-refractivity contribution in [3.63, 3.8) is 0 Å². The minimum Gasteiger partial charge on any atom is -0.495 e. The predicted molar refractivity (Wildman–Crippen MR) is 131 cm³/mol. The Bertz CT molecular complexity index is 978. The zero-order valence-corrected chi connectivity index (χ0v) is 20.1. The zero-order chi connectivity index (χ0) is 26.5. The summed E-state index contributed by atoms with van der Waals surface area (Å²) in [7, 11) is 2.92. The predicted octanol–water partition coefficient (Wildman–Crippen LogP) is 1.05. The van der Waals surface area contributed by atoms with Gasteiger partial charge in [0.1, 0.15) is 11.5 Å². The highest BCUT2D eigenvalue weighted by atomic mass is 16.5. The van der Waals surface area contributed by atoms with E-state index in [0.717, 1.165) is 0 Å². The van der Waals surface area contributed by atoms with Crippen LogP contribution >= 0.6 is 0 Å². The second-order valence-electron chi connectivity index (χ2n) is 7.71. The average Bonchev–Trinajstić information content (AvgIpc) is 2.82. The molecular weight excluding hydrogens is 472 g/mol. The number of carbonyl (C=O) groups is 4. The van der Waals surface area contributed by atoms with E-state index in [9.17, 15) is 29.4 Å². The number of ether oxygens (including phenoxy) is 2. The van der Waals surface area contributed by atoms with E-state index in [-0.39, 0.29) is 26.2 Å². The molecule has 12 nitrogen and oxygen atoms in total. The highest BCUT2D eigenvalue weighted by Crippen LogP contribution is 2.23. The standard InChI is InChI=1S/C24H30N4O8/c1-35-19-9-5-3-7-17(19)25-21(29)13-27(15-23(31)32)11-12-28(16-24(33)34)14-22(30)26-18-8-4-6-10-20(18)36-2/h3-10H,11-16H2,1-2H3,(H,25,29)(H,26,30)(H,31,32)(H,33,34). The molecule has 0 atom stereocenters. The van der Waals surface area contributed by atoms with Crippen LogP contribution in [-0.4, -0.2) is 97.3 Å². The van der Waals surface area contributed by atoms with E-state index in [1.807, 2.05) is 0 Å². The SMILES string of the molecule is COc1ccccc1NC(=O)CN(CCN(CC(=O)O)CC(=O)Nc1ccccc1OC)CC(=O)O. The van der Waals surface area contributed by atoms with Crippen LogP contribution in [-0.2, 0) is 19.2 Å². The van der Waals surface area contributed by atoms with Crippen molar-refractivity contribution in [3.05, 3.63) is 48.5 Å². The van der Waals surface area contributed by atoms with Gasteiger partial charge in [0.05, 0.1) is 51.8 Å². The first-order valence-corrected chi connectivity index (χ1v) is 11.0. The molecule has 2 aromatic carbocycles. The van der Waals surface area contributed by atoms with E-state index in [2.05, 4.69) is 10.6 Å². The number of carboxylic acids is 2. The summed E-state index contributed by atoms with van der Waals surface area (Å²) in [6.07, 6.45) is 0. The Balaban J connectivity index is 2.01. The van der Waals surface area contributed by atoms with Crippen molar-refractivity contribution in [2.24, 2.45) is 0 Å². The van der Waals surface area contributed by atoms with E-state index in [1.165, 1.54) is 24.0 Å². The second-order valence-corrected chi connectivity index (χ2v) is 7.71. The van der Waals surface area contributed by atoms with Crippen LogP contribution in [0.4, 0.5) is 11.4 Å². The number of rotatable bonds is 15. The van der Waals surface area contributed by atoms with E-state index in [1.54, 1.807) is 48.5 Å². The maximum absolute atomic E-state index is 12.6. The highest BCUT2D eigenvalue weighted by Gasteiger charge is 2.20. The van der Waals surface area contributed by atoms with Crippen LogP contribution in [0.3, 0.4) is 0 Å². The van der Waals surface area contributed by atoms with Gasteiger partial charge in [-0.3, -0.25) is 29.0 Å². The third kappa shape index (κ3) is 9.60. The van der Waals surface area contributed by atoms with Crippen molar-refractivity contribution < 1.29 is 38.9 Å². The maximum atomic E-state index is 12.6. The Labute approximate surface area is 208 Å². The number of aliphatic carboxylic acids is 2. The Morgan fingerprint density at radius 2 is 1.03 bits per heavy atom. The zero-order valence-electron chi connectivity index (χ0n) is 20.1. The molecule has 0 aliphatic carbocycles. The minimum atomic E-state index is -1.15. The fraction of sp³-hybridized carbons (Fsp3) is 0.333. The lowest BCUT2D eigenvalue weighted by molar-refractivity contribution is -0.140. The molecule has 4 N–H and O–H groups in total. The summed E-state index contributed by atoms with van der Waals surface area (Å²) < 4.78 is 10.4. The van der Waals surface area contributed by atoms with Gasteiger partial charge in [-0.25, -0.2) is 0 Å². The van der Waals surface area contributed by atoms with Gasteiger partial charge in [0.15, 0.2) is 0 Å². The molecule has 2 amide bonds. The lowest BCUT2D eigenvalue weighted by Crippen LogP contribution is -2.44. The van der Waals surface area contributed by atoms with Crippen molar-refractivity contribution in [2.75, 3.05) is 64.1 Å². The van der Waals surface area contributed by atoms with Gasteiger partial charge in [-0.15, -0.1) is 0 Å². The molecule has 194 valence electrons. The van der Waals surface area contributed by atoms with E-state index < -0.39 is 36.8 Å². The third-order valence-electron chi connectivity index (χ3n) is 4.95. The fourth-order valence-corrected chi connectivity index (χ4v) is 3.37. The van der Waals surface area contributed by atoms with Crippen LogP contribution in [0.15, 0.2) is 48.5 Å². The number of nitrogens with zero attached hydrogens (tertiary/aromatic N) is 2. The lowest BCUT2D eigenvalue weighted by atomic mass is 10.3. The molecule has 0 heterocycles. The molecule has 12 heteroatoms. The molecule has 0 saturated heterocycles. The summed E-state index contributed by atoms with van der Waals surface area (Å²) in [5, 5.41) is 23.9. The van der Waals surface area contributed by atoms with Gasteiger partial charge in [0.2, 0.25) is 11.8 Å². The minimum absolute atomic E-state index is 0.0286. The number of carbonyl (C=O) groups excluding carboxylic acids is 2. The maximum Gasteiger partial charge on any atom is 0.317 e. The molecular formula is C24H30N4O8. The van der Waals surface area contributed by atoms with Crippen molar-refractivity contribution in [3.8, 4) is 11.5 Å². The number of amides is 2. The Kier molecular flexibility index (Phi) is 11.1. The molecule has 0 aromatic heterocycles. The normalized spacial score (nSPS) is 10.7. The molecule has 0 unspecified atom stereocenters. The molecule has 0 spiro atoms. The van der Waals surface area contributed by atoms with Crippen LogP contribution in [0.25, 0.3) is 0 Å². The summed E-state index contributed by atoms with van der Waals surface area (Å²) in [5.41, 5.74) is 0.863. The summed E-state index contributed by atoms with van der Waals surface area (Å²) in [5.74, 6) is -2.36. The monoisotopic (exact) mass is 502 g/mol. The van der Waals surface area contributed by atoms with Crippen LogP contribution in [0.5, 0.6) is 11.5 Å². The largest absolute Gasteiger partial charge is 0.495 e. The van der Waals surface area contributed by atoms with Gasteiger partial charge in [-0.2, -0.15) is 0 Å². The van der Waals surface area contributed by atoms with Crippen LogP contribution < -0.4 is 20.1 Å². The van der Waals surface area contributed by atoms with E-state index >= 15 is 0 Å². The Morgan fingerprint density at radius 1 is 0.667 bits per heavy atom. The van der Waals surface area contributed by atoms with Gasteiger partial charge in [0.25, 0.3) is 0 Å². The van der Waals surface area contributed by atoms with Crippen LogP contribution in [0, 0.1) is 0 Å². The second kappa shape index (κ2) is 14.3. The van der Waals surface area contributed by atoms with Crippen molar-refractivity contribution in [2.45, 2.75) is 0 Å². The summed E-state index contributed by atoms with van der Waals surface area (Å²) >= 11 is 0. The summed E-state index contributed by atoms with van der Waals surface area (Å²) in [6, 6.07) is 13.5. The van der Waals surface area contributed by atoms with Crippen molar-refractivity contribution in [1.29, 1.82) is 0 Å². The highest BCUT2D eigenvalue weighted by molar-refractivity contribution is 5.94. The molecule has 2 aromatic rings. The quantitative estimate of drug-likeness (QED) is 0.277. The molecule has 0 fully saturated rings. The van der Waals surface area contributed by atoms with Gasteiger partial charge >= 0.3 is 11.9 Å². The molecule has 0 saturated carbocycles. The van der Waals surface area contributed by atoms with E-state index in [0.29, 0.717) is 22.9 Å². The lowest BCUT2D eigenvalue weighted by Gasteiger charge is -2.25. The Hall–Kier alpha value is -4.16. The van der Waals surface area contributed by atoms with E-state index in [4.69, 9.17) is 9.47 Å². The smallest absolute Gasteiger partial charge is 0.317 e. The van der Waals surface area contributed by atoms with Gasteiger partial charge in [-0.1, -0.05) is 24.3 Å². The van der Waals surface area contributed by atoms with Gasteiger partial charge < -0.3 is 30.3 Å². The Morgan fingerprint density at radius 3 is 1.36 bits per heavy atom. The number of para-hydroxylation sites is 4. The molecule has 2 rings (SSSR count). The molecule has 0 aliphatic rings. The number of methoxy groups -OCH3 is 2. The van der Waals surface area contributed by atoms with Gasteiger partial charge in [-0.05, 0) is 24.3 Å². The number of anilines is 2. The first-order chi connectivity index (χ1) is 17.2.